The van der Waals surface area contributed by atoms with Crippen LogP contribution in [0.2, 0.25) is 0 Å². The first-order valence-corrected chi connectivity index (χ1v) is 11.0. The van der Waals surface area contributed by atoms with Gasteiger partial charge in [0.25, 0.3) is 0 Å². The van der Waals surface area contributed by atoms with E-state index in [1.807, 2.05) is 0 Å². The van der Waals surface area contributed by atoms with Gasteiger partial charge in [-0.25, -0.2) is 8.42 Å². The Balaban J connectivity index is 1.87. The van der Waals surface area contributed by atoms with Gasteiger partial charge in [-0.2, -0.15) is 0 Å². The third-order valence-electron chi connectivity index (χ3n) is 4.52. The van der Waals surface area contributed by atoms with Crippen LogP contribution in [0, 0.1) is 0 Å². The summed E-state index contributed by atoms with van der Waals surface area (Å²) >= 11 is 0. The van der Waals surface area contributed by atoms with Crippen molar-refractivity contribution in [2.75, 3.05) is 43.3 Å². The van der Waals surface area contributed by atoms with Gasteiger partial charge in [-0.3, -0.25) is 9.10 Å². The summed E-state index contributed by atoms with van der Waals surface area (Å²) in [6.45, 7) is 2.39. The Kier molecular flexibility index (Phi) is 6.25. The van der Waals surface area contributed by atoms with Gasteiger partial charge in [0, 0.05) is 17.8 Å². The van der Waals surface area contributed by atoms with Gasteiger partial charge in [0.2, 0.25) is 15.9 Å². The third kappa shape index (κ3) is 4.54. The number of rotatable bonds is 7. The highest BCUT2D eigenvalue weighted by Crippen LogP contribution is 2.34. The molecule has 3 rings (SSSR count). The van der Waals surface area contributed by atoms with E-state index in [1.54, 1.807) is 30.3 Å². The number of methoxy groups -OCH3 is 2. The van der Waals surface area contributed by atoms with E-state index in [4.69, 9.17) is 18.9 Å². The lowest BCUT2D eigenvalue weighted by molar-refractivity contribution is -0.116. The standard InChI is InChI=1S/C20H24N2O7S/c1-13(20(23)21-14-5-7-17-19(11-14)29-10-9-28-17)22(30(4,24)25)15-6-8-16(26-2)18(12-15)27-3/h5-8,11-13H,9-10H2,1-4H3,(H,21,23)/t13-/m0/s1. The fourth-order valence-corrected chi connectivity index (χ4v) is 4.31. The number of amides is 1. The second kappa shape index (κ2) is 8.70. The average molecular weight is 436 g/mol. The molecule has 0 radical (unpaired) electrons. The highest BCUT2D eigenvalue weighted by Gasteiger charge is 2.30. The number of nitrogens with zero attached hydrogens (tertiary/aromatic N) is 1. The number of anilines is 2. The molecule has 1 aliphatic heterocycles. The Bertz CT molecular complexity index is 1040. The SMILES string of the molecule is COc1ccc(N([C@@H](C)C(=O)Nc2ccc3c(c2)OCCO3)S(C)(=O)=O)cc1OC. The zero-order valence-corrected chi connectivity index (χ0v) is 18.0. The van der Waals surface area contributed by atoms with E-state index >= 15 is 0 Å². The predicted molar refractivity (Wildman–Crippen MR) is 112 cm³/mol. The summed E-state index contributed by atoms with van der Waals surface area (Å²) in [4.78, 5) is 12.9. The Morgan fingerprint density at radius 2 is 1.70 bits per heavy atom. The molecule has 0 unspecified atom stereocenters. The van der Waals surface area contributed by atoms with Gasteiger partial charge in [0.05, 0.1) is 26.2 Å². The maximum absolute atomic E-state index is 12.9. The molecule has 1 heterocycles. The van der Waals surface area contributed by atoms with Crippen LogP contribution in [0.25, 0.3) is 0 Å². The Labute approximate surface area is 175 Å². The second-order valence-electron chi connectivity index (χ2n) is 6.62. The van der Waals surface area contributed by atoms with Crippen molar-refractivity contribution in [2.24, 2.45) is 0 Å². The number of sulfonamides is 1. The van der Waals surface area contributed by atoms with E-state index in [1.165, 1.54) is 27.2 Å². The van der Waals surface area contributed by atoms with Crippen LogP contribution in [0.4, 0.5) is 11.4 Å². The molecule has 0 saturated carbocycles. The maximum Gasteiger partial charge on any atom is 0.247 e. The van der Waals surface area contributed by atoms with Gasteiger partial charge in [-0.15, -0.1) is 0 Å². The first-order chi connectivity index (χ1) is 14.2. The van der Waals surface area contributed by atoms with Gasteiger partial charge in [0.15, 0.2) is 23.0 Å². The number of nitrogens with one attached hydrogen (secondary N) is 1. The van der Waals surface area contributed by atoms with Crippen molar-refractivity contribution in [3.63, 3.8) is 0 Å². The molecule has 0 aromatic heterocycles. The zero-order valence-electron chi connectivity index (χ0n) is 17.2. The van der Waals surface area contributed by atoms with E-state index < -0.39 is 22.0 Å². The van der Waals surface area contributed by atoms with E-state index in [9.17, 15) is 13.2 Å². The summed E-state index contributed by atoms with van der Waals surface area (Å²) in [5, 5.41) is 2.73. The van der Waals surface area contributed by atoms with Crippen molar-refractivity contribution in [1.82, 2.24) is 0 Å². The van der Waals surface area contributed by atoms with Gasteiger partial charge < -0.3 is 24.3 Å². The Morgan fingerprint density at radius 1 is 1.03 bits per heavy atom. The minimum absolute atomic E-state index is 0.278. The molecule has 0 spiro atoms. The molecule has 9 nitrogen and oxygen atoms in total. The number of benzene rings is 2. The minimum atomic E-state index is -3.78. The largest absolute Gasteiger partial charge is 0.493 e. The molecule has 0 bridgehead atoms. The lowest BCUT2D eigenvalue weighted by Crippen LogP contribution is -2.45. The molecule has 0 saturated heterocycles. The Morgan fingerprint density at radius 3 is 2.33 bits per heavy atom. The molecular weight excluding hydrogens is 412 g/mol. The van der Waals surface area contributed by atoms with E-state index in [0.29, 0.717) is 41.9 Å². The molecular formula is C20H24N2O7S. The number of fused-ring (bicyclic) bond motifs is 1. The predicted octanol–water partition coefficient (Wildman–Crippen LogP) is 2.27. The van der Waals surface area contributed by atoms with Crippen LogP contribution in [0.5, 0.6) is 23.0 Å². The van der Waals surface area contributed by atoms with Gasteiger partial charge in [-0.05, 0) is 31.2 Å². The van der Waals surface area contributed by atoms with Crippen molar-refractivity contribution in [2.45, 2.75) is 13.0 Å². The summed E-state index contributed by atoms with van der Waals surface area (Å²) < 4.78 is 47.5. The molecule has 2 aromatic rings. The molecule has 10 heteroatoms. The second-order valence-corrected chi connectivity index (χ2v) is 8.48. The van der Waals surface area contributed by atoms with Crippen molar-refractivity contribution in [1.29, 1.82) is 0 Å². The maximum atomic E-state index is 12.9. The van der Waals surface area contributed by atoms with E-state index in [0.717, 1.165) is 10.6 Å². The van der Waals surface area contributed by atoms with Gasteiger partial charge in [0.1, 0.15) is 19.3 Å². The normalized spacial score (nSPS) is 13.9. The van der Waals surface area contributed by atoms with E-state index in [2.05, 4.69) is 5.32 Å². The smallest absolute Gasteiger partial charge is 0.247 e. The topological polar surface area (TPSA) is 103 Å². The van der Waals surface area contributed by atoms with Crippen molar-refractivity contribution >= 4 is 27.3 Å². The summed E-state index contributed by atoms with van der Waals surface area (Å²) in [6, 6.07) is 8.60. The monoisotopic (exact) mass is 436 g/mol. The first-order valence-electron chi connectivity index (χ1n) is 9.16. The van der Waals surface area contributed by atoms with Gasteiger partial charge in [-0.1, -0.05) is 0 Å². The van der Waals surface area contributed by atoms with Crippen molar-refractivity contribution < 1.29 is 32.2 Å². The summed E-state index contributed by atoms with van der Waals surface area (Å²) in [7, 11) is -0.852. The lowest BCUT2D eigenvalue weighted by atomic mass is 10.2. The molecule has 1 amide bonds. The third-order valence-corrected chi connectivity index (χ3v) is 5.76. The van der Waals surface area contributed by atoms with Crippen LogP contribution in [-0.2, 0) is 14.8 Å². The number of hydrogen-bond acceptors (Lipinski definition) is 7. The highest BCUT2D eigenvalue weighted by molar-refractivity contribution is 7.92. The van der Waals surface area contributed by atoms with Crippen LogP contribution >= 0.6 is 0 Å². The summed E-state index contributed by atoms with van der Waals surface area (Å²) in [6.07, 6.45) is 1.04. The molecule has 1 N–H and O–H groups in total. The molecule has 30 heavy (non-hydrogen) atoms. The van der Waals surface area contributed by atoms with Crippen molar-refractivity contribution in [3.8, 4) is 23.0 Å². The molecule has 2 aromatic carbocycles. The number of ether oxygens (including phenoxy) is 4. The number of hydrogen-bond donors (Lipinski definition) is 1. The zero-order chi connectivity index (χ0) is 21.9. The van der Waals surface area contributed by atoms with E-state index in [-0.39, 0.29) is 5.69 Å². The Hall–Kier alpha value is -3.14. The quantitative estimate of drug-likeness (QED) is 0.710. The molecule has 162 valence electrons. The average Bonchev–Trinajstić information content (AvgIpc) is 2.72. The molecule has 0 aliphatic carbocycles. The first kappa shape index (κ1) is 21.6. The highest BCUT2D eigenvalue weighted by atomic mass is 32.2. The molecule has 1 atom stereocenters. The number of carbonyl (C=O) groups excluding carboxylic acids is 1. The fraction of sp³-hybridized carbons (Fsp3) is 0.350. The molecule has 0 fully saturated rings. The van der Waals surface area contributed by atoms with Crippen LogP contribution in [0.15, 0.2) is 36.4 Å². The van der Waals surface area contributed by atoms with Crippen LogP contribution in [0.3, 0.4) is 0 Å². The molecule has 1 aliphatic rings. The summed E-state index contributed by atoms with van der Waals surface area (Å²) in [5.41, 5.74) is 0.747. The van der Waals surface area contributed by atoms with Crippen LogP contribution in [-0.4, -0.2) is 54.1 Å². The van der Waals surface area contributed by atoms with Crippen molar-refractivity contribution in [3.05, 3.63) is 36.4 Å². The minimum Gasteiger partial charge on any atom is -0.493 e. The van der Waals surface area contributed by atoms with Crippen LogP contribution < -0.4 is 28.6 Å². The number of carbonyl (C=O) groups is 1. The van der Waals surface area contributed by atoms with Crippen LogP contribution in [0.1, 0.15) is 6.92 Å². The lowest BCUT2D eigenvalue weighted by Gasteiger charge is -2.29. The summed E-state index contributed by atoms with van der Waals surface area (Å²) in [5.74, 6) is 1.40. The van der Waals surface area contributed by atoms with Gasteiger partial charge >= 0.3 is 0 Å². The fourth-order valence-electron chi connectivity index (χ4n) is 3.14.